The Balaban J connectivity index is 1.15. The highest BCUT2D eigenvalue weighted by Crippen LogP contribution is 2.48. The van der Waals surface area contributed by atoms with Crippen molar-refractivity contribution >= 4 is 90.5 Å². The lowest BCUT2D eigenvalue weighted by Crippen LogP contribution is -2.34. The Bertz CT molecular complexity index is 2410. The monoisotopic (exact) mass is 932 g/mol. The third-order valence-corrected chi connectivity index (χ3v) is 13.9. The number of halogens is 4. The Kier molecular flexibility index (Phi) is 12.4. The molecule has 0 saturated carbocycles. The summed E-state index contributed by atoms with van der Waals surface area (Å²) in [4.78, 5) is 28.9. The summed E-state index contributed by atoms with van der Waals surface area (Å²) >= 11 is 23.7. The molecule has 284 valence electrons. The van der Waals surface area contributed by atoms with Crippen LogP contribution in [-0.4, -0.2) is 24.7 Å². The summed E-state index contributed by atoms with van der Waals surface area (Å²) in [6.07, 6.45) is 8.81. The number of rotatable bonds is 10. The fourth-order valence-electron chi connectivity index (χ4n) is 7.63. The van der Waals surface area contributed by atoms with Crippen LogP contribution in [0.4, 0.5) is 0 Å². The van der Waals surface area contributed by atoms with E-state index in [2.05, 4.69) is 54.6 Å². The number of nitrogens with one attached hydrogen (secondary N) is 2. The number of fused-ring (bicyclic) bond motifs is 2. The normalized spacial score (nSPS) is 16.4. The molecule has 6 aromatic carbocycles. The van der Waals surface area contributed by atoms with Crippen LogP contribution in [0.2, 0.25) is 10.0 Å². The molecule has 2 unspecified atom stereocenters. The first-order chi connectivity index (χ1) is 27.8. The van der Waals surface area contributed by atoms with Crippen LogP contribution in [0.15, 0.2) is 152 Å². The number of carbonyl (C=O) groups excluding carboxylic acids is 2. The van der Waals surface area contributed by atoms with Gasteiger partial charge in [0, 0.05) is 43.0 Å². The molecule has 2 N–H and O–H groups in total. The van der Waals surface area contributed by atoms with Gasteiger partial charge in [0.05, 0.1) is 22.1 Å². The van der Waals surface area contributed by atoms with Gasteiger partial charge in [0.25, 0.3) is 0 Å². The van der Waals surface area contributed by atoms with Crippen LogP contribution >= 0.6 is 66.8 Å². The van der Waals surface area contributed by atoms with Gasteiger partial charge >= 0.3 is 0 Å². The minimum Gasteiger partial charge on any atom is -0.303 e. The minimum absolute atomic E-state index is 0.0168. The van der Waals surface area contributed by atoms with E-state index in [1.165, 1.54) is 22.9 Å². The third-order valence-electron chi connectivity index (χ3n) is 10.4. The van der Waals surface area contributed by atoms with Gasteiger partial charge in [-0.1, -0.05) is 176 Å². The SMILES string of the molecule is O=C(C=Cc1ccc(Sc2ccc(C=CC(=O)C3NCCc4ccccc43)c(-c3ccccc3Br)c2Cl)c(Cl)c1-c1ccccc1Br)C1NCCc2ccccc21. The maximum atomic E-state index is 13.7. The number of hydrogen-bond acceptors (Lipinski definition) is 5. The largest absolute Gasteiger partial charge is 0.303 e. The van der Waals surface area contributed by atoms with Crippen LogP contribution in [0.1, 0.15) is 45.5 Å². The summed E-state index contributed by atoms with van der Waals surface area (Å²) in [7, 11) is 0. The molecule has 2 aliphatic heterocycles. The second-order valence-electron chi connectivity index (χ2n) is 13.9. The molecule has 0 amide bonds. The molecule has 0 saturated heterocycles. The van der Waals surface area contributed by atoms with Gasteiger partial charge in [-0.05, 0) is 93.8 Å². The van der Waals surface area contributed by atoms with Crippen LogP contribution in [0.5, 0.6) is 0 Å². The summed E-state index contributed by atoms with van der Waals surface area (Å²) in [6, 6.07) is 39.2. The van der Waals surface area contributed by atoms with Crippen molar-refractivity contribution in [1.29, 1.82) is 0 Å². The smallest absolute Gasteiger partial charge is 0.177 e. The maximum Gasteiger partial charge on any atom is 0.177 e. The standard InChI is InChI=1S/C48H36Br2Cl2N2O2S/c49-37-15-7-5-13-35(37)43-31(17-21-39(55)47-33-11-3-1-9-29(33)25-27-53-47)19-23-41(45(43)51)57-42-24-20-32(44(46(42)52)36-14-6-8-16-38(36)50)18-22-40(56)48-34-12-4-2-10-30(34)26-28-54-48/h1-24,47-48,53-54H,25-28H2. The minimum atomic E-state index is -0.402. The molecule has 57 heavy (non-hydrogen) atoms. The fourth-order valence-corrected chi connectivity index (χ4v) is 10.3. The van der Waals surface area contributed by atoms with Gasteiger partial charge in [-0.2, -0.15) is 0 Å². The quantitative estimate of drug-likeness (QED) is 0.134. The lowest BCUT2D eigenvalue weighted by Gasteiger charge is -2.25. The topological polar surface area (TPSA) is 58.2 Å². The van der Waals surface area contributed by atoms with Crippen molar-refractivity contribution in [1.82, 2.24) is 10.6 Å². The highest BCUT2D eigenvalue weighted by Gasteiger charge is 2.26. The van der Waals surface area contributed by atoms with Crippen molar-refractivity contribution in [3.8, 4) is 22.3 Å². The van der Waals surface area contributed by atoms with Gasteiger partial charge in [-0.3, -0.25) is 9.59 Å². The van der Waals surface area contributed by atoms with Gasteiger partial charge in [-0.15, -0.1) is 0 Å². The Hall–Kier alpha value is -4.05. The molecule has 4 nitrogen and oxygen atoms in total. The highest BCUT2D eigenvalue weighted by atomic mass is 79.9. The number of ketones is 2. The number of hydrogen-bond donors (Lipinski definition) is 2. The fraction of sp³-hybridized carbons (Fsp3) is 0.125. The molecule has 0 fully saturated rings. The molecule has 2 aliphatic rings. The average molecular weight is 936 g/mol. The zero-order chi connectivity index (χ0) is 39.5. The Morgan fingerprint density at radius 3 is 1.40 bits per heavy atom. The molecule has 0 radical (unpaired) electrons. The van der Waals surface area contributed by atoms with Crippen molar-refractivity contribution in [2.45, 2.75) is 34.7 Å². The Labute approximate surface area is 364 Å². The Morgan fingerprint density at radius 2 is 0.965 bits per heavy atom. The van der Waals surface area contributed by atoms with Crippen molar-refractivity contribution in [2.24, 2.45) is 0 Å². The van der Waals surface area contributed by atoms with Crippen LogP contribution < -0.4 is 10.6 Å². The predicted octanol–water partition coefficient (Wildman–Crippen LogP) is 12.9. The van der Waals surface area contributed by atoms with Crippen LogP contribution in [-0.2, 0) is 22.4 Å². The summed E-state index contributed by atoms with van der Waals surface area (Å²) < 4.78 is 1.76. The molecule has 6 aromatic rings. The van der Waals surface area contributed by atoms with Crippen LogP contribution in [0, 0.1) is 0 Å². The number of benzene rings is 6. The molecule has 0 bridgehead atoms. The lowest BCUT2D eigenvalue weighted by atomic mass is 9.91. The summed E-state index contributed by atoms with van der Waals surface area (Å²) in [5.74, 6) is -0.0336. The zero-order valence-electron chi connectivity index (χ0n) is 30.6. The van der Waals surface area contributed by atoms with E-state index in [1.54, 1.807) is 12.2 Å². The first kappa shape index (κ1) is 39.8. The van der Waals surface area contributed by atoms with Crippen LogP contribution in [0.3, 0.4) is 0 Å². The van der Waals surface area contributed by atoms with Crippen molar-refractivity contribution in [3.63, 3.8) is 0 Å². The lowest BCUT2D eigenvalue weighted by molar-refractivity contribution is -0.117. The molecule has 0 spiro atoms. The van der Waals surface area contributed by atoms with E-state index in [0.717, 1.165) is 89.2 Å². The highest BCUT2D eigenvalue weighted by molar-refractivity contribution is 9.11. The second-order valence-corrected chi connectivity index (χ2v) is 17.4. The van der Waals surface area contributed by atoms with Gasteiger partial charge in [-0.25, -0.2) is 0 Å². The van der Waals surface area contributed by atoms with E-state index in [-0.39, 0.29) is 11.6 Å². The number of carbonyl (C=O) groups is 2. The summed E-state index contributed by atoms with van der Waals surface area (Å²) in [5.41, 5.74) is 9.47. The van der Waals surface area contributed by atoms with Gasteiger partial charge in [0.15, 0.2) is 11.6 Å². The third kappa shape index (κ3) is 8.44. The summed E-state index contributed by atoms with van der Waals surface area (Å²) in [6.45, 7) is 1.49. The molecule has 0 aliphatic carbocycles. The van der Waals surface area contributed by atoms with Crippen LogP contribution in [0.25, 0.3) is 34.4 Å². The predicted molar refractivity (Wildman–Crippen MR) is 243 cm³/mol. The molecule has 2 heterocycles. The van der Waals surface area contributed by atoms with E-state index >= 15 is 0 Å². The molecular formula is C48H36Br2Cl2N2O2S. The molecule has 8 rings (SSSR count). The first-order valence-corrected chi connectivity index (χ1v) is 21.8. The van der Waals surface area contributed by atoms with Gasteiger partial charge in [0.1, 0.15) is 0 Å². The Morgan fingerprint density at radius 1 is 0.561 bits per heavy atom. The van der Waals surface area contributed by atoms with E-state index in [4.69, 9.17) is 23.2 Å². The molecule has 2 atom stereocenters. The van der Waals surface area contributed by atoms with E-state index < -0.39 is 12.1 Å². The van der Waals surface area contributed by atoms with Gasteiger partial charge < -0.3 is 10.6 Å². The average Bonchev–Trinajstić information content (AvgIpc) is 3.24. The van der Waals surface area contributed by atoms with Crippen molar-refractivity contribution in [2.75, 3.05) is 13.1 Å². The van der Waals surface area contributed by atoms with E-state index in [9.17, 15) is 9.59 Å². The maximum absolute atomic E-state index is 13.7. The summed E-state index contributed by atoms with van der Waals surface area (Å²) in [5, 5.41) is 7.87. The molecular weight excluding hydrogens is 899 g/mol. The van der Waals surface area contributed by atoms with Crippen molar-refractivity contribution < 1.29 is 9.59 Å². The van der Waals surface area contributed by atoms with Crippen molar-refractivity contribution in [3.05, 3.63) is 186 Å². The molecule has 9 heteroatoms. The van der Waals surface area contributed by atoms with E-state index in [0.29, 0.717) is 10.0 Å². The zero-order valence-corrected chi connectivity index (χ0v) is 36.1. The van der Waals surface area contributed by atoms with Gasteiger partial charge in [0.2, 0.25) is 0 Å². The second kappa shape index (κ2) is 17.8. The van der Waals surface area contributed by atoms with E-state index in [1.807, 2.05) is 121 Å². The molecule has 0 aromatic heterocycles. The first-order valence-electron chi connectivity index (χ1n) is 18.7.